The van der Waals surface area contributed by atoms with Gasteiger partial charge in [-0.25, -0.2) is 0 Å². The summed E-state index contributed by atoms with van der Waals surface area (Å²) in [6.07, 6.45) is 11.7. The van der Waals surface area contributed by atoms with Gasteiger partial charge in [-0.3, -0.25) is 0 Å². The first kappa shape index (κ1) is 11.2. The Morgan fingerprint density at radius 1 is 1.21 bits per heavy atom. The molecule has 1 heteroatoms. The van der Waals surface area contributed by atoms with E-state index in [9.17, 15) is 0 Å². The summed E-state index contributed by atoms with van der Waals surface area (Å²) in [4.78, 5) is 1.33. The third-order valence-corrected chi connectivity index (χ3v) is 2.94. The lowest BCUT2D eigenvalue weighted by atomic mass is 10.1. The van der Waals surface area contributed by atoms with E-state index in [2.05, 4.69) is 36.4 Å². The van der Waals surface area contributed by atoms with Crippen LogP contribution in [0.4, 0.5) is 0 Å². The van der Waals surface area contributed by atoms with E-state index in [4.69, 9.17) is 6.42 Å². The fourth-order valence-electron chi connectivity index (χ4n) is 1.35. The lowest BCUT2D eigenvalue weighted by molar-refractivity contribution is 0.756. The predicted molar refractivity (Wildman–Crippen MR) is 64.6 cm³/mol. The van der Waals surface area contributed by atoms with E-state index in [1.807, 2.05) is 0 Å². The first-order valence-corrected chi connectivity index (χ1v) is 6.15. The van der Waals surface area contributed by atoms with E-state index >= 15 is 0 Å². The number of thioether (sulfide) groups is 1. The van der Waals surface area contributed by atoms with E-state index < -0.39 is 0 Å². The van der Waals surface area contributed by atoms with Crippen molar-refractivity contribution in [2.75, 3.05) is 6.26 Å². The van der Waals surface area contributed by atoms with Crippen LogP contribution in [0.15, 0.2) is 29.2 Å². The third-order valence-electron chi connectivity index (χ3n) is 2.20. The van der Waals surface area contributed by atoms with E-state index in [0.29, 0.717) is 0 Å². The van der Waals surface area contributed by atoms with Crippen LogP contribution in [-0.4, -0.2) is 6.26 Å². The van der Waals surface area contributed by atoms with Gasteiger partial charge in [-0.15, -0.1) is 24.1 Å². The van der Waals surface area contributed by atoms with Crippen LogP contribution in [0.2, 0.25) is 0 Å². The number of hydrogen-bond donors (Lipinski definition) is 0. The smallest absolute Gasteiger partial charge is 0.00861 e. The molecule has 0 nitrogen and oxygen atoms in total. The molecule has 0 N–H and O–H groups in total. The average Bonchev–Trinajstić information content (AvgIpc) is 2.25. The summed E-state index contributed by atoms with van der Waals surface area (Å²) in [5.74, 6) is 2.67. The van der Waals surface area contributed by atoms with Crippen molar-refractivity contribution in [1.29, 1.82) is 0 Å². The van der Waals surface area contributed by atoms with Gasteiger partial charge in [0.2, 0.25) is 0 Å². The standard InChI is InChI=1S/C13H16S/c1-3-4-5-6-7-12-8-10-13(14-2)11-9-12/h1,8-11H,4-7H2,2H3. The van der Waals surface area contributed by atoms with Gasteiger partial charge in [0.25, 0.3) is 0 Å². The molecule has 0 spiro atoms. The molecular formula is C13H16S. The molecule has 14 heavy (non-hydrogen) atoms. The van der Waals surface area contributed by atoms with Crippen LogP contribution >= 0.6 is 11.8 Å². The molecule has 0 amide bonds. The Morgan fingerprint density at radius 2 is 1.93 bits per heavy atom. The Morgan fingerprint density at radius 3 is 2.50 bits per heavy atom. The topological polar surface area (TPSA) is 0 Å². The van der Waals surface area contributed by atoms with Crippen molar-refractivity contribution in [1.82, 2.24) is 0 Å². The molecule has 1 rings (SSSR count). The van der Waals surface area contributed by atoms with Crippen molar-refractivity contribution >= 4 is 11.8 Å². The molecule has 1 aromatic rings. The van der Waals surface area contributed by atoms with E-state index in [1.165, 1.54) is 16.9 Å². The summed E-state index contributed by atoms with van der Waals surface area (Å²) < 4.78 is 0. The molecule has 0 unspecified atom stereocenters. The molecule has 0 heterocycles. The van der Waals surface area contributed by atoms with Crippen LogP contribution in [0.25, 0.3) is 0 Å². The Balaban J connectivity index is 2.33. The second-order valence-corrected chi connectivity index (χ2v) is 4.14. The summed E-state index contributed by atoms with van der Waals surface area (Å²) in [5.41, 5.74) is 1.42. The van der Waals surface area contributed by atoms with Crippen LogP contribution in [0.5, 0.6) is 0 Å². The first-order chi connectivity index (χ1) is 6.86. The molecule has 0 aliphatic carbocycles. The Hall–Kier alpha value is -0.870. The van der Waals surface area contributed by atoms with Crippen molar-refractivity contribution in [2.45, 2.75) is 30.6 Å². The molecule has 0 saturated carbocycles. The normalized spacial score (nSPS) is 9.71. The summed E-state index contributed by atoms with van der Waals surface area (Å²) in [6, 6.07) is 8.78. The highest BCUT2D eigenvalue weighted by Crippen LogP contribution is 2.16. The predicted octanol–water partition coefficient (Wildman–Crippen LogP) is 3.75. The van der Waals surface area contributed by atoms with E-state index in [1.54, 1.807) is 11.8 Å². The average molecular weight is 204 g/mol. The second-order valence-electron chi connectivity index (χ2n) is 3.26. The Bertz CT molecular complexity index is 292. The van der Waals surface area contributed by atoms with Crippen LogP contribution in [0.1, 0.15) is 24.8 Å². The molecule has 0 bridgehead atoms. The number of hydrogen-bond acceptors (Lipinski definition) is 1. The highest BCUT2D eigenvalue weighted by Gasteiger charge is 1.93. The van der Waals surface area contributed by atoms with E-state index in [-0.39, 0.29) is 0 Å². The summed E-state index contributed by atoms with van der Waals surface area (Å²) in [7, 11) is 0. The molecule has 0 aliphatic rings. The Labute approximate surface area is 91.1 Å². The lowest BCUT2D eigenvalue weighted by Gasteiger charge is -2.01. The maximum atomic E-state index is 5.19. The van der Waals surface area contributed by atoms with Gasteiger partial charge in [-0.05, 0) is 43.2 Å². The fraction of sp³-hybridized carbons (Fsp3) is 0.385. The molecule has 1 aromatic carbocycles. The van der Waals surface area contributed by atoms with Gasteiger partial charge >= 0.3 is 0 Å². The molecule has 0 aromatic heterocycles. The third kappa shape index (κ3) is 3.89. The molecule has 0 atom stereocenters. The largest absolute Gasteiger partial charge is 0.130 e. The molecular weight excluding hydrogens is 188 g/mol. The van der Waals surface area contributed by atoms with Gasteiger partial charge in [0.15, 0.2) is 0 Å². The van der Waals surface area contributed by atoms with E-state index in [0.717, 1.165) is 19.3 Å². The number of unbranched alkanes of at least 4 members (excludes halogenated alkanes) is 2. The monoisotopic (exact) mass is 204 g/mol. The van der Waals surface area contributed by atoms with Crippen molar-refractivity contribution in [2.24, 2.45) is 0 Å². The number of terminal acetylenes is 1. The zero-order valence-corrected chi connectivity index (χ0v) is 9.44. The number of aryl methyl sites for hydroxylation is 1. The Kier molecular flexibility index (Phi) is 5.25. The molecule has 0 radical (unpaired) electrons. The van der Waals surface area contributed by atoms with Crippen molar-refractivity contribution < 1.29 is 0 Å². The van der Waals surface area contributed by atoms with Gasteiger partial charge in [0, 0.05) is 11.3 Å². The van der Waals surface area contributed by atoms with Crippen molar-refractivity contribution in [3.05, 3.63) is 29.8 Å². The summed E-state index contributed by atoms with van der Waals surface area (Å²) in [5, 5.41) is 0. The first-order valence-electron chi connectivity index (χ1n) is 4.93. The highest BCUT2D eigenvalue weighted by atomic mass is 32.2. The maximum absolute atomic E-state index is 5.19. The summed E-state index contributed by atoms with van der Waals surface area (Å²) in [6.45, 7) is 0. The molecule has 74 valence electrons. The number of benzene rings is 1. The zero-order valence-electron chi connectivity index (χ0n) is 8.62. The molecule has 0 fully saturated rings. The molecule has 0 aliphatic heterocycles. The molecule has 0 saturated heterocycles. The highest BCUT2D eigenvalue weighted by molar-refractivity contribution is 7.98. The van der Waals surface area contributed by atoms with Gasteiger partial charge < -0.3 is 0 Å². The zero-order chi connectivity index (χ0) is 10.2. The SMILES string of the molecule is C#CCCCCc1ccc(SC)cc1. The van der Waals surface area contributed by atoms with Crippen LogP contribution in [0, 0.1) is 12.3 Å². The minimum Gasteiger partial charge on any atom is -0.130 e. The minimum atomic E-state index is 0.906. The van der Waals surface area contributed by atoms with Gasteiger partial charge in [0.1, 0.15) is 0 Å². The van der Waals surface area contributed by atoms with Crippen molar-refractivity contribution in [3.8, 4) is 12.3 Å². The second kappa shape index (κ2) is 6.56. The van der Waals surface area contributed by atoms with Crippen LogP contribution in [-0.2, 0) is 6.42 Å². The maximum Gasteiger partial charge on any atom is 0.00861 e. The van der Waals surface area contributed by atoms with Crippen molar-refractivity contribution in [3.63, 3.8) is 0 Å². The van der Waals surface area contributed by atoms with Gasteiger partial charge in [-0.2, -0.15) is 0 Å². The lowest BCUT2D eigenvalue weighted by Crippen LogP contribution is -1.85. The fourth-order valence-corrected chi connectivity index (χ4v) is 1.76. The van der Waals surface area contributed by atoms with Gasteiger partial charge in [-0.1, -0.05) is 12.1 Å². The summed E-state index contributed by atoms with van der Waals surface area (Å²) >= 11 is 1.78. The van der Waals surface area contributed by atoms with Crippen LogP contribution < -0.4 is 0 Å². The number of rotatable bonds is 5. The minimum absolute atomic E-state index is 0.906. The quantitative estimate of drug-likeness (QED) is 0.400. The van der Waals surface area contributed by atoms with Crippen LogP contribution in [0.3, 0.4) is 0 Å². The van der Waals surface area contributed by atoms with Gasteiger partial charge in [0.05, 0.1) is 0 Å².